The Hall–Kier alpha value is -1.18. The van der Waals surface area contributed by atoms with E-state index < -0.39 is 25.9 Å². The van der Waals surface area contributed by atoms with Gasteiger partial charge in [0.25, 0.3) is 0 Å². The number of hydrogen-bond acceptors (Lipinski definition) is 4. The zero-order valence-corrected chi connectivity index (χ0v) is 14.2. The molecular weight excluding hydrogens is 322 g/mol. The largest absolute Gasteiger partial charge is 0.236 e. The zero-order chi connectivity index (χ0) is 16.2. The van der Waals surface area contributed by atoms with E-state index in [9.17, 15) is 16.8 Å². The average molecular weight is 343 g/mol. The number of sulfone groups is 1. The Balaban J connectivity index is 2.21. The molecule has 1 aliphatic heterocycles. The first-order valence-corrected chi connectivity index (χ1v) is 10.6. The van der Waals surface area contributed by atoms with Gasteiger partial charge in [0, 0.05) is 18.0 Å². The molecule has 0 unspecified atom stereocenters. The van der Waals surface area contributed by atoms with Gasteiger partial charge in [-0.25, -0.2) is 16.8 Å². The minimum atomic E-state index is -3.63. The third-order valence-electron chi connectivity index (χ3n) is 3.62. The molecule has 1 heterocycles. The Bertz CT molecular complexity index is 724. The highest BCUT2D eigenvalue weighted by Crippen LogP contribution is 2.22. The summed E-state index contributed by atoms with van der Waals surface area (Å²) in [6.45, 7) is 2.22. The van der Waals surface area contributed by atoms with E-state index in [2.05, 4.69) is 0 Å². The molecule has 7 heteroatoms. The lowest BCUT2D eigenvalue weighted by molar-refractivity contribution is 0.345. The highest BCUT2D eigenvalue weighted by Gasteiger charge is 2.36. The topological polar surface area (TPSA) is 71.5 Å². The van der Waals surface area contributed by atoms with Crippen LogP contribution < -0.4 is 0 Å². The van der Waals surface area contributed by atoms with Crippen molar-refractivity contribution in [1.82, 2.24) is 4.31 Å². The number of benzene rings is 1. The molecule has 1 atom stereocenters. The smallest absolute Gasteiger partial charge is 0.229 e. The van der Waals surface area contributed by atoms with Gasteiger partial charge in [0.15, 0.2) is 9.84 Å². The maximum atomic E-state index is 12.5. The minimum absolute atomic E-state index is 0.0653. The molecule has 0 saturated carbocycles. The highest BCUT2D eigenvalue weighted by atomic mass is 32.2. The lowest BCUT2D eigenvalue weighted by atomic mass is 10.2. The molecule has 1 fully saturated rings. The summed E-state index contributed by atoms with van der Waals surface area (Å²) in [7, 11) is -6.74. The maximum Gasteiger partial charge on any atom is 0.236 e. The summed E-state index contributed by atoms with van der Waals surface area (Å²) in [4.78, 5) is 0. The molecule has 0 aliphatic carbocycles. The Labute approximate surface area is 132 Å². The van der Waals surface area contributed by atoms with Crippen molar-refractivity contribution >= 4 is 25.9 Å². The van der Waals surface area contributed by atoms with Gasteiger partial charge in [-0.2, -0.15) is 4.31 Å². The quantitative estimate of drug-likeness (QED) is 0.791. The third kappa shape index (κ3) is 4.41. The predicted octanol–water partition coefficient (Wildman–Crippen LogP) is 1.89. The average Bonchev–Trinajstić information content (AvgIpc) is 2.83. The van der Waals surface area contributed by atoms with Crippen LogP contribution in [0, 0.1) is 0 Å². The normalized spacial score (nSPS) is 21.6. The van der Waals surface area contributed by atoms with Gasteiger partial charge in [-0.15, -0.1) is 0 Å². The predicted molar refractivity (Wildman–Crippen MR) is 88.5 cm³/mol. The van der Waals surface area contributed by atoms with Crippen LogP contribution in [0.4, 0.5) is 0 Å². The van der Waals surface area contributed by atoms with Gasteiger partial charge in [0.2, 0.25) is 10.0 Å². The summed E-state index contributed by atoms with van der Waals surface area (Å²) in [6.07, 6.45) is 2.57. The Morgan fingerprint density at radius 1 is 1.27 bits per heavy atom. The van der Waals surface area contributed by atoms with Gasteiger partial charge in [-0.3, -0.25) is 0 Å². The molecule has 1 aromatic rings. The van der Waals surface area contributed by atoms with E-state index in [1.165, 1.54) is 9.71 Å². The summed E-state index contributed by atoms with van der Waals surface area (Å²) >= 11 is 0. The minimum Gasteiger partial charge on any atom is -0.229 e. The van der Waals surface area contributed by atoms with Crippen LogP contribution in [0.25, 0.3) is 6.08 Å². The number of nitrogens with zero attached hydrogens (tertiary/aromatic N) is 1. The molecule has 2 rings (SSSR count). The summed E-state index contributed by atoms with van der Waals surface area (Å²) < 4.78 is 49.6. The Morgan fingerprint density at radius 3 is 2.50 bits per heavy atom. The van der Waals surface area contributed by atoms with Crippen molar-refractivity contribution in [1.29, 1.82) is 0 Å². The molecule has 0 radical (unpaired) electrons. The first kappa shape index (κ1) is 17.2. The van der Waals surface area contributed by atoms with Gasteiger partial charge in [-0.1, -0.05) is 37.3 Å². The second-order valence-corrected chi connectivity index (χ2v) is 9.43. The first-order valence-electron chi connectivity index (χ1n) is 7.29. The molecule has 0 spiro atoms. The second-order valence-electron chi connectivity index (χ2n) is 5.43. The van der Waals surface area contributed by atoms with E-state index in [1.807, 2.05) is 37.3 Å². The van der Waals surface area contributed by atoms with Crippen LogP contribution in [-0.4, -0.2) is 45.2 Å². The fraction of sp³-hybridized carbons (Fsp3) is 0.467. The van der Waals surface area contributed by atoms with E-state index in [0.717, 1.165) is 5.56 Å². The van der Waals surface area contributed by atoms with Crippen LogP contribution >= 0.6 is 0 Å². The zero-order valence-electron chi connectivity index (χ0n) is 12.6. The highest BCUT2D eigenvalue weighted by molar-refractivity contribution is 7.93. The van der Waals surface area contributed by atoms with Crippen molar-refractivity contribution < 1.29 is 16.8 Å². The molecule has 1 saturated heterocycles. The second kappa shape index (κ2) is 6.93. The number of sulfonamides is 1. The van der Waals surface area contributed by atoms with Crippen molar-refractivity contribution in [2.24, 2.45) is 0 Å². The molecule has 0 aromatic heterocycles. The first-order chi connectivity index (χ1) is 10.3. The third-order valence-corrected chi connectivity index (χ3v) is 6.98. The molecule has 0 amide bonds. The molecule has 5 nitrogen and oxygen atoms in total. The van der Waals surface area contributed by atoms with Gasteiger partial charge >= 0.3 is 0 Å². The van der Waals surface area contributed by atoms with Gasteiger partial charge < -0.3 is 0 Å². The fourth-order valence-corrected chi connectivity index (χ4v) is 5.89. The van der Waals surface area contributed by atoms with Crippen LogP contribution in [0.15, 0.2) is 35.7 Å². The van der Waals surface area contributed by atoms with Crippen molar-refractivity contribution in [2.45, 2.75) is 25.8 Å². The monoisotopic (exact) mass is 343 g/mol. The molecule has 1 aliphatic rings. The SMILES string of the molecule is CCCN([C@H]1CCS(=O)(=O)C1)S(=O)(=O)/C=C\c1ccccc1. The summed E-state index contributed by atoms with van der Waals surface area (Å²) in [5, 5.41) is 1.17. The van der Waals surface area contributed by atoms with E-state index in [0.29, 0.717) is 19.4 Å². The van der Waals surface area contributed by atoms with E-state index in [1.54, 1.807) is 6.08 Å². The summed E-state index contributed by atoms with van der Waals surface area (Å²) in [6, 6.07) is 8.71. The van der Waals surface area contributed by atoms with Crippen molar-refractivity contribution in [3.63, 3.8) is 0 Å². The van der Waals surface area contributed by atoms with Gasteiger partial charge in [-0.05, 0) is 24.5 Å². The van der Waals surface area contributed by atoms with Crippen LogP contribution in [0.3, 0.4) is 0 Å². The van der Waals surface area contributed by atoms with Crippen LogP contribution in [0.2, 0.25) is 0 Å². The number of hydrogen-bond donors (Lipinski definition) is 0. The van der Waals surface area contributed by atoms with Crippen molar-refractivity contribution in [2.75, 3.05) is 18.1 Å². The van der Waals surface area contributed by atoms with Gasteiger partial charge in [0.1, 0.15) is 0 Å². The Kier molecular flexibility index (Phi) is 5.41. The molecule has 0 N–H and O–H groups in total. The molecule has 22 heavy (non-hydrogen) atoms. The van der Waals surface area contributed by atoms with Crippen LogP contribution in [-0.2, 0) is 19.9 Å². The van der Waals surface area contributed by atoms with Crippen molar-refractivity contribution in [3.8, 4) is 0 Å². The van der Waals surface area contributed by atoms with E-state index >= 15 is 0 Å². The Morgan fingerprint density at radius 2 is 1.95 bits per heavy atom. The maximum absolute atomic E-state index is 12.5. The van der Waals surface area contributed by atoms with Gasteiger partial charge in [0.05, 0.1) is 11.5 Å². The van der Waals surface area contributed by atoms with E-state index in [-0.39, 0.29) is 11.5 Å². The molecular formula is C15H21NO4S2. The lowest BCUT2D eigenvalue weighted by Crippen LogP contribution is -2.40. The van der Waals surface area contributed by atoms with Crippen LogP contribution in [0.1, 0.15) is 25.3 Å². The fourth-order valence-electron chi connectivity index (χ4n) is 2.55. The molecule has 1 aromatic carbocycles. The standard InChI is InChI=1S/C15H21NO4S2/c1-2-10-16(15-9-11-21(17,18)13-15)22(19,20)12-8-14-6-4-3-5-7-14/h3-8,12,15H,2,9-11,13H2,1H3/b12-8-/t15-/m0/s1. The number of rotatable bonds is 6. The van der Waals surface area contributed by atoms with Crippen molar-refractivity contribution in [3.05, 3.63) is 41.3 Å². The summed E-state index contributed by atoms with van der Waals surface area (Å²) in [5.41, 5.74) is 0.793. The van der Waals surface area contributed by atoms with Crippen LogP contribution in [0.5, 0.6) is 0 Å². The lowest BCUT2D eigenvalue weighted by Gasteiger charge is -2.25. The summed E-state index contributed by atoms with van der Waals surface area (Å²) in [5.74, 6) is -0.0127. The van der Waals surface area contributed by atoms with E-state index in [4.69, 9.17) is 0 Å². The molecule has 122 valence electrons. The molecule has 0 bridgehead atoms.